The van der Waals surface area contributed by atoms with Gasteiger partial charge in [-0.2, -0.15) is 0 Å². The van der Waals surface area contributed by atoms with E-state index in [0.717, 1.165) is 25.9 Å². The van der Waals surface area contributed by atoms with Crippen LogP contribution in [0.3, 0.4) is 0 Å². The van der Waals surface area contributed by atoms with Crippen molar-refractivity contribution in [3.63, 3.8) is 0 Å². The van der Waals surface area contributed by atoms with Crippen molar-refractivity contribution >= 4 is 11.5 Å². The number of anilines is 1. The smallest absolute Gasteiger partial charge is 0.159 e. The number of hydrogen-bond donors (Lipinski definition) is 0. The van der Waals surface area contributed by atoms with Crippen LogP contribution in [0.25, 0.3) is 0 Å². The molecule has 0 saturated carbocycles. The average Bonchev–Trinajstić information content (AvgIpc) is 2.70. The van der Waals surface area contributed by atoms with E-state index in [4.69, 9.17) is 0 Å². The molecular formula is C18H18FNO. The molecule has 0 aliphatic carbocycles. The van der Waals surface area contributed by atoms with E-state index in [1.165, 1.54) is 24.1 Å². The number of carbonyl (C=O) groups is 1. The Morgan fingerprint density at radius 1 is 1.05 bits per heavy atom. The van der Waals surface area contributed by atoms with Crippen LogP contribution in [-0.4, -0.2) is 18.9 Å². The van der Waals surface area contributed by atoms with Gasteiger partial charge in [0.1, 0.15) is 5.82 Å². The van der Waals surface area contributed by atoms with Gasteiger partial charge >= 0.3 is 0 Å². The zero-order valence-corrected chi connectivity index (χ0v) is 12.1. The van der Waals surface area contributed by atoms with Crippen LogP contribution >= 0.6 is 0 Å². The Bertz CT molecular complexity index is 654. The number of carbonyl (C=O) groups excluding carboxylic acids is 1. The van der Waals surface area contributed by atoms with Gasteiger partial charge in [-0.25, -0.2) is 4.39 Å². The second kappa shape index (κ2) is 5.68. The first-order chi connectivity index (χ1) is 10.1. The quantitative estimate of drug-likeness (QED) is 0.784. The summed E-state index contributed by atoms with van der Waals surface area (Å²) in [5, 5.41) is 0. The average molecular weight is 283 g/mol. The molecule has 1 aliphatic rings. The summed E-state index contributed by atoms with van der Waals surface area (Å²) in [7, 11) is 0. The molecule has 2 aromatic rings. The molecule has 2 nitrogen and oxygen atoms in total. The van der Waals surface area contributed by atoms with Gasteiger partial charge in [0.15, 0.2) is 5.78 Å². The minimum absolute atomic E-state index is 0.108. The Kier molecular flexibility index (Phi) is 3.74. The molecule has 3 rings (SSSR count). The van der Waals surface area contributed by atoms with Gasteiger partial charge in [0, 0.05) is 18.7 Å². The number of benzene rings is 2. The highest BCUT2D eigenvalue weighted by Gasteiger charge is 2.17. The van der Waals surface area contributed by atoms with Crippen molar-refractivity contribution in [1.29, 1.82) is 0 Å². The Balaban J connectivity index is 1.84. The van der Waals surface area contributed by atoms with Crippen molar-refractivity contribution in [2.45, 2.75) is 19.8 Å². The first-order valence-corrected chi connectivity index (χ1v) is 7.27. The molecule has 21 heavy (non-hydrogen) atoms. The van der Waals surface area contributed by atoms with Crippen molar-refractivity contribution in [2.75, 3.05) is 18.0 Å². The summed E-state index contributed by atoms with van der Waals surface area (Å²) < 4.78 is 14.3. The monoisotopic (exact) mass is 283 g/mol. The molecule has 0 bridgehead atoms. The number of ketones is 1. The summed E-state index contributed by atoms with van der Waals surface area (Å²) in [5.41, 5.74) is 3.71. The van der Waals surface area contributed by atoms with Gasteiger partial charge in [0.25, 0.3) is 0 Å². The van der Waals surface area contributed by atoms with Crippen LogP contribution in [0, 0.1) is 5.82 Å². The fraction of sp³-hybridized carbons (Fsp3) is 0.278. The maximum absolute atomic E-state index is 14.3. The number of rotatable bonds is 2. The fourth-order valence-corrected chi connectivity index (χ4v) is 2.89. The lowest BCUT2D eigenvalue weighted by Gasteiger charge is -2.23. The summed E-state index contributed by atoms with van der Waals surface area (Å²) in [6, 6.07) is 13.2. The van der Waals surface area contributed by atoms with Gasteiger partial charge in [0.2, 0.25) is 0 Å². The van der Waals surface area contributed by atoms with Gasteiger partial charge in [-0.15, -0.1) is 0 Å². The van der Waals surface area contributed by atoms with Crippen LogP contribution < -0.4 is 4.90 Å². The normalized spacial score (nSPS) is 14.5. The summed E-state index contributed by atoms with van der Waals surface area (Å²) in [6.45, 7) is 3.05. The lowest BCUT2D eigenvalue weighted by molar-refractivity contribution is 0.101. The molecule has 0 atom stereocenters. The maximum Gasteiger partial charge on any atom is 0.159 e. The van der Waals surface area contributed by atoms with Crippen molar-refractivity contribution in [2.24, 2.45) is 0 Å². The molecule has 0 N–H and O–H groups in total. The zero-order valence-electron chi connectivity index (χ0n) is 12.1. The maximum atomic E-state index is 14.3. The fourth-order valence-electron chi connectivity index (χ4n) is 2.89. The predicted molar refractivity (Wildman–Crippen MR) is 82.5 cm³/mol. The predicted octanol–water partition coefficient (Wildman–Crippen LogP) is 3.63. The second-order valence-corrected chi connectivity index (χ2v) is 5.48. The molecule has 0 spiro atoms. The summed E-state index contributed by atoms with van der Waals surface area (Å²) in [4.78, 5) is 13.4. The van der Waals surface area contributed by atoms with Gasteiger partial charge in [-0.1, -0.05) is 24.3 Å². The van der Waals surface area contributed by atoms with E-state index in [9.17, 15) is 9.18 Å². The Morgan fingerprint density at radius 3 is 2.19 bits per heavy atom. The molecule has 0 amide bonds. The molecular weight excluding hydrogens is 265 g/mol. The van der Waals surface area contributed by atoms with Gasteiger partial charge < -0.3 is 4.90 Å². The van der Waals surface area contributed by atoms with Crippen LogP contribution in [0.5, 0.6) is 0 Å². The molecule has 0 unspecified atom stereocenters. The molecule has 0 saturated heterocycles. The summed E-state index contributed by atoms with van der Waals surface area (Å²) >= 11 is 0. The largest absolute Gasteiger partial charge is 0.369 e. The van der Waals surface area contributed by atoms with Gasteiger partial charge in [-0.05, 0) is 49.1 Å². The Hall–Kier alpha value is -2.16. The first-order valence-electron chi connectivity index (χ1n) is 7.27. The Labute approximate surface area is 124 Å². The third-order valence-corrected chi connectivity index (χ3v) is 4.12. The minimum atomic E-state index is -0.311. The van der Waals surface area contributed by atoms with E-state index in [1.807, 2.05) is 0 Å². The van der Waals surface area contributed by atoms with Crippen LogP contribution in [0.1, 0.15) is 28.4 Å². The molecule has 0 fully saturated rings. The highest BCUT2D eigenvalue weighted by molar-refractivity contribution is 5.94. The molecule has 3 heteroatoms. The number of hydrogen-bond acceptors (Lipinski definition) is 2. The van der Waals surface area contributed by atoms with Crippen LogP contribution in [0.4, 0.5) is 10.1 Å². The molecule has 2 aromatic carbocycles. The molecule has 0 aromatic heterocycles. The number of halogens is 1. The second-order valence-electron chi connectivity index (χ2n) is 5.48. The van der Waals surface area contributed by atoms with E-state index in [2.05, 4.69) is 29.2 Å². The van der Waals surface area contributed by atoms with Crippen molar-refractivity contribution in [3.8, 4) is 0 Å². The summed E-state index contributed by atoms with van der Waals surface area (Å²) in [6.07, 6.45) is 1.84. The summed E-state index contributed by atoms with van der Waals surface area (Å²) in [5.74, 6) is -0.419. The standard InChI is InChI=1S/C18H18FNO/c1-13(21)16-6-7-18(17(19)12-16)20-10-8-14-4-2-3-5-15(14)9-11-20/h2-7,12H,8-11H2,1H3. The molecule has 1 aliphatic heterocycles. The lowest BCUT2D eigenvalue weighted by Crippen LogP contribution is -2.27. The van der Waals surface area contributed by atoms with Crippen molar-refractivity contribution in [1.82, 2.24) is 0 Å². The van der Waals surface area contributed by atoms with Gasteiger partial charge in [0.05, 0.1) is 5.69 Å². The van der Waals surface area contributed by atoms with E-state index in [1.54, 1.807) is 12.1 Å². The Morgan fingerprint density at radius 2 is 1.67 bits per heavy atom. The van der Waals surface area contributed by atoms with E-state index < -0.39 is 0 Å². The number of fused-ring (bicyclic) bond motifs is 1. The third kappa shape index (κ3) is 2.82. The van der Waals surface area contributed by atoms with Crippen LogP contribution in [0.15, 0.2) is 42.5 Å². The van der Waals surface area contributed by atoms with Crippen LogP contribution in [0.2, 0.25) is 0 Å². The molecule has 108 valence electrons. The highest BCUT2D eigenvalue weighted by atomic mass is 19.1. The first kappa shape index (κ1) is 13.8. The van der Waals surface area contributed by atoms with Crippen LogP contribution in [-0.2, 0) is 12.8 Å². The minimum Gasteiger partial charge on any atom is -0.369 e. The van der Waals surface area contributed by atoms with E-state index in [-0.39, 0.29) is 11.6 Å². The lowest BCUT2D eigenvalue weighted by atomic mass is 10.0. The number of nitrogens with zero attached hydrogens (tertiary/aromatic N) is 1. The topological polar surface area (TPSA) is 20.3 Å². The molecule has 1 heterocycles. The van der Waals surface area contributed by atoms with E-state index in [0.29, 0.717) is 11.3 Å². The number of Topliss-reactive ketones (excluding diaryl/α,β-unsaturated/α-hetero) is 1. The van der Waals surface area contributed by atoms with Crippen molar-refractivity contribution in [3.05, 3.63) is 65.0 Å². The van der Waals surface area contributed by atoms with E-state index >= 15 is 0 Å². The third-order valence-electron chi connectivity index (χ3n) is 4.12. The molecule has 0 radical (unpaired) electrons. The highest BCUT2D eigenvalue weighted by Crippen LogP contribution is 2.24. The SMILES string of the molecule is CC(=O)c1ccc(N2CCc3ccccc3CC2)c(F)c1. The van der Waals surface area contributed by atoms with Crippen molar-refractivity contribution < 1.29 is 9.18 Å². The zero-order chi connectivity index (χ0) is 14.8. The van der Waals surface area contributed by atoms with Gasteiger partial charge in [-0.3, -0.25) is 4.79 Å².